The van der Waals surface area contributed by atoms with Crippen LogP contribution in [0.2, 0.25) is 0 Å². The lowest BCUT2D eigenvalue weighted by Crippen LogP contribution is -2.44. The second kappa shape index (κ2) is 11.2. The number of piperidine rings is 1. The van der Waals surface area contributed by atoms with E-state index in [0.29, 0.717) is 25.0 Å². The summed E-state index contributed by atoms with van der Waals surface area (Å²) in [5.74, 6) is 2.05. The van der Waals surface area contributed by atoms with Crippen LogP contribution < -0.4 is 4.74 Å². The van der Waals surface area contributed by atoms with E-state index in [1.165, 1.54) is 22.9 Å². The van der Waals surface area contributed by atoms with Gasteiger partial charge < -0.3 is 19.3 Å². The first-order chi connectivity index (χ1) is 15.6. The largest absolute Gasteiger partial charge is 0.497 e. The third kappa shape index (κ3) is 6.26. The first-order valence-corrected chi connectivity index (χ1v) is 12.4. The first kappa shape index (κ1) is 23.1. The van der Waals surface area contributed by atoms with Gasteiger partial charge in [0, 0.05) is 23.5 Å². The van der Waals surface area contributed by atoms with E-state index in [0.717, 1.165) is 50.3 Å². The number of carbonyl (C=O) groups excluding carboxylic acids is 1. The number of hydrogen-bond acceptors (Lipinski definition) is 4. The van der Waals surface area contributed by atoms with Gasteiger partial charge in [-0.1, -0.05) is 46.3 Å². The number of rotatable bonds is 8. The molecule has 6 heteroatoms. The number of carbonyl (C=O) groups is 1. The second-order valence-electron chi connectivity index (χ2n) is 9.04. The first-order valence-electron chi connectivity index (χ1n) is 11.6. The number of ether oxygens (including phenoxy) is 2. The summed E-state index contributed by atoms with van der Waals surface area (Å²) in [6.07, 6.45) is 4.44. The van der Waals surface area contributed by atoms with Crippen LogP contribution in [0.5, 0.6) is 5.75 Å². The molecule has 2 aliphatic heterocycles. The van der Waals surface area contributed by atoms with E-state index in [2.05, 4.69) is 45.1 Å². The van der Waals surface area contributed by atoms with Gasteiger partial charge in [-0.15, -0.1) is 0 Å². The Kier molecular flexibility index (Phi) is 8.09. The number of amides is 1. The maximum Gasteiger partial charge on any atom is 0.410 e. The van der Waals surface area contributed by atoms with Crippen molar-refractivity contribution in [2.45, 2.75) is 32.2 Å². The molecule has 1 unspecified atom stereocenters. The van der Waals surface area contributed by atoms with Gasteiger partial charge in [0.15, 0.2) is 0 Å². The second-order valence-corrected chi connectivity index (χ2v) is 9.90. The van der Waals surface area contributed by atoms with Gasteiger partial charge in [-0.05, 0) is 80.6 Å². The van der Waals surface area contributed by atoms with Crippen LogP contribution in [-0.4, -0.2) is 55.8 Å². The van der Waals surface area contributed by atoms with Gasteiger partial charge in [-0.25, -0.2) is 4.79 Å². The van der Waals surface area contributed by atoms with Crippen LogP contribution in [0.25, 0.3) is 0 Å². The molecule has 0 spiro atoms. The normalized spacial score (nSPS) is 20.2. The van der Waals surface area contributed by atoms with Gasteiger partial charge in [-0.3, -0.25) is 0 Å². The monoisotopic (exact) mass is 500 g/mol. The molecule has 1 atom stereocenters. The third-order valence-corrected chi connectivity index (χ3v) is 7.49. The minimum Gasteiger partial charge on any atom is -0.497 e. The Morgan fingerprint density at radius 3 is 2.62 bits per heavy atom. The Labute approximate surface area is 199 Å². The van der Waals surface area contributed by atoms with Crippen molar-refractivity contribution < 1.29 is 14.3 Å². The molecule has 172 valence electrons. The maximum atomic E-state index is 12.2. The Balaban J connectivity index is 1.20. The molecule has 4 rings (SSSR count). The Morgan fingerprint density at radius 2 is 1.88 bits per heavy atom. The van der Waals surface area contributed by atoms with Crippen molar-refractivity contribution in [3.8, 4) is 5.75 Å². The Hall–Kier alpha value is -2.05. The average molecular weight is 501 g/mol. The van der Waals surface area contributed by atoms with E-state index in [1.807, 2.05) is 29.2 Å². The maximum absolute atomic E-state index is 12.2. The van der Waals surface area contributed by atoms with Crippen LogP contribution in [0.15, 0.2) is 53.0 Å². The Bertz CT molecular complexity index is 884. The molecule has 0 radical (unpaired) electrons. The zero-order chi connectivity index (χ0) is 22.3. The standard InChI is InChI=1S/C26H33BrN2O3/c1-31-24-7-8-25(27)23(16-24)15-20-9-12-28(13-10-20)14-11-22-18-29(26(30)32-19-22)17-21-5-3-2-4-6-21/h2-8,16,20,22H,9-15,17-19H2,1H3. The summed E-state index contributed by atoms with van der Waals surface area (Å²) in [4.78, 5) is 16.6. The molecule has 1 amide bonds. The molecule has 0 aliphatic carbocycles. The predicted octanol–water partition coefficient (Wildman–Crippen LogP) is 5.37. The highest BCUT2D eigenvalue weighted by atomic mass is 79.9. The molecule has 2 aromatic carbocycles. The van der Waals surface area contributed by atoms with E-state index in [9.17, 15) is 4.79 Å². The lowest BCUT2D eigenvalue weighted by molar-refractivity contribution is 0.0334. The van der Waals surface area contributed by atoms with Crippen LogP contribution in [0.4, 0.5) is 4.79 Å². The zero-order valence-electron chi connectivity index (χ0n) is 18.8. The predicted molar refractivity (Wildman–Crippen MR) is 130 cm³/mol. The highest BCUT2D eigenvalue weighted by Gasteiger charge is 2.28. The van der Waals surface area contributed by atoms with Gasteiger partial charge in [-0.2, -0.15) is 0 Å². The molecule has 2 saturated heterocycles. The number of methoxy groups -OCH3 is 1. The SMILES string of the molecule is COc1ccc(Br)c(CC2CCN(CCC3COC(=O)N(Cc4ccccc4)C3)CC2)c1. The summed E-state index contributed by atoms with van der Waals surface area (Å²) >= 11 is 3.69. The quantitative estimate of drug-likeness (QED) is 0.488. The minimum atomic E-state index is -0.186. The fraction of sp³-hybridized carbons (Fsp3) is 0.500. The van der Waals surface area contributed by atoms with Crippen molar-refractivity contribution in [3.05, 3.63) is 64.1 Å². The fourth-order valence-electron chi connectivity index (χ4n) is 4.75. The van der Waals surface area contributed by atoms with Crippen LogP contribution in [0, 0.1) is 11.8 Å². The molecule has 2 aromatic rings. The smallest absolute Gasteiger partial charge is 0.410 e. The summed E-state index contributed by atoms with van der Waals surface area (Å²) in [6, 6.07) is 16.4. The van der Waals surface area contributed by atoms with Gasteiger partial charge in [0.1, 0.15) is 5.75 Å². The number of benzene rings is 2. The van der Waals surface area contributed by atoms with Crippen LogP contribution in [-0.2, 0) is 17.7 Å². The molecule has 5 nitrogen and oxygen atoms in total. The molecular formula is C26H33BrN2O3. The molecule has 0 bridgehead atoms. The minimum absolute atomic E-state index is 0.186. The average Bonchev–Trinajstić information content (AvgIpc) is 2.82. The lowest BCUT2D eigenvalue weighted by atomic mass is 9.90. The molecule has 0 aromatic heterocycles. The number of nitrogens with zero attached hydrogens (tertiary/aromatic N) is 2. The Morgan fingerprint density at radius 1 is 1.09 bits per heavy atom. The van der Waals surface area contributed by atoms with Crippen LogP contribution in [0.3, 0.4) is 0 Å². The van der Waals surface area contributed by atoms with Gasteiger partial charge in [0.25, 0.3) is 0 Å². The van der Waals surface area contributed by atoms with Crippen molar-refractivity contribution in [2.24, 2.45) is 11.8 Å². The van der Waals surface area contributed by atoms with Gasteiger partial charge in [0.05, 0.1) is 13.7 Å². The molecule has 2 heterocycles. The lowest BCUT2D eigenvalue weighted by Gasteiger charge is -2.35. The van der Waals surface area contributed by atoms with Crippen molar-refractivity contribution >= 4 is 22.0 Å². The highest BCUT2D eigenvalue weighted by Crippen LogP contribution is 2.29. The third-order valence-electron chi connectivity index (χ3n) is 6.72. The van der Waals surface area contributed by atoms with E-state index < -0.39 is 0 Å². The van der Waals surface area contributed by atoms with Crippen molar-refractivity contribution in [3.63, 3.8) is 0 Å². The van der Waals surface area contributed by atoms with Gasteiger partial charge >= 0.3 is 6.09 Å². The fourth-order valence-corrected chi connectivity index (χ4v) is 5.16. The van der Waals surface area contributed by atoms with E-state index in [4.69, 9.17) is 9.47 Å². The van der Waals surface area contributed by atoms with Crippen LogP contribution in [0.1, 0.15) is 30.4 Å². The van der Waals surface area contributed by atoms with Crippen LogP contribution >= 0.6 is 15.9 Å². The molecule has 0 saturated carbocycles. The summed E-state index contributed by atoms with van der Waals surface area (Å²) in [6.45, 7) is 5.33. The zero-order valence-corrected chi connectivity index (χ0v) is 20.4. The molecule has 0 N–H and O–H groups in total. The number of likely N-dealkylation sites (tertiary alicyclic amines) is 1. The summed E-state index contributed by atoms with van der Waals surface area (Å²) in [5.41, 5.74) is 2.49. The summed E-state index contributed by atoms with van der Waals surface area (Å²) in [5, 5.41) is 0. The number of halogens is 1. The van der Waals surface area contributed by atoms with Crippen molar-refractivity contribution in [2.75, 3.05) is 39.9 Å². The summed E-state index contributed by atoms with van der Waals surface area (Å²) in [7, 11) is 1.72. The highest BCUT2D eigenvalue weighted by molar-refractivity contribution is 9.10. The molecule has 2 aliphatic rings. The molecule has 2 fully saturated rings. The number of hydrogen-bond donors (Lipinski definition) is 0. The number of cyclic esters (lactones) is 1. The molecular weight excluding hydrogens is 468 g/mol. The van der Waals surface area contributed by atoms with Crippen molar-refractivity contribution in [1.82, 2.24) is 9.80 Å². The van der Waals surface area contributed by atoms with Crippen molar-refractivity contribution in [1.29, 1.82) is 0 Å². The van der Waals surface area contributed by atoms with E-state index >= 15 is 0 Å². The van der Waals surface area contributed by atoms with Gasteiger partial charge in [0.2, 0.25) is 0 Å². The van der Waals surface area contributed by atoms with E-state index in [-0.39, 0.29) is 6.09 Å². The molecule has 32 heavy (non-hydrogen) atoms. The topological polar surface area (TPSA) is 42.0 Å². The summed E-state index contributed by atoms with van der Waals surface area (Å²) < 4.78 is 12.0. The van der Waals surface area contributed by atoms with E-state index in [1.54, 1.807) is 7.11 Å².